The van der Waals surface area contributed by atoms with Gasteiger partial charge in [-0.1, -0.05) is 29.8 Å². The van der Waals surface area contributed by atoms with Gasteiger partial charge in [0.05, 0.1) is 5.56 Å². The van der Waals surface area contributed by atoms with Gasteiger partial charge in [-0.3, -0.25) is 4.79 Å². The average Bonchev–Trinajstić information content (AvgIpc) is 3.14. The first-order valence-electron chi connectivity index (χ1n) is 8.22. The smallest absolute Gasteiger partial charge is 0.416 e. The van der Waals surface area contributed by atoms with Crippen molar-refractivity contribution in [3.63, 3.8) is 0 Å². The lowest BCUT2D eigenvalue weighted by Crippen LogP contribution is -2.13. The molecule has 1 aromatic heterocycles. The predicted molar refractivity (Wildman–Crippen MR) is 103 cm³/mol. The zero-order valence-electron chi connectivity index (χ0n) is 14.6. The molecule has 8 heteroatoms. The summed E-state index contributed by atoms with van der Waals surface area (Å²) in [4.78, 5) is 12.3. The number of carbonyl (C=O) groups excluding carboxylic acids is 1. The molecule has 1 amide bonds. The minimum atomic E-state index is -4.47. The highest BCUT2D eigenvalue weighted by molar-refractivity contribution is 6.31. The molecule has 0 fully saturated rings. The van der Waals surface area contributed by atoms with E-state index in [1.165, 1.54) is 36.4 Å². The number of amides is 1. The number of furan rings is 1. The fourth-order valence-electron chi connectivity index (χ4n) is 2.49. The third kappa shape index (κ3) is 5.06. The van der Waals surface area contributed by atoms with Crippen LogP contribution in [0.1, 0.15) is 11.3 Å². The van der Waals surface area contributed by atoms with E-state index in [1.807, 2.05) is 0 Å². The van der Waals surface area contributed by atoms with Crippen LogP contribution in [0.5, 0.6) is 0 Å². The van der Waals surface area contributed by atoms with Crippen molar-refractivity contribution in [1.29, 1.82) is 5.26 Å². The van der Waals surface area contributed by atoms with Gasteiger partial charge in [-0.15, -0.1) is 0 Å². The highest BCUT2D eigenvalue weighted by Gasteiger charge is 2.30. The second kappa shape index (κ2) is 8.25. The molecule has 0 aliphatic carbocycles. The summed E-state index contributed by atoms with van der Waals surface area (Å²) in [6, 6.07) is 15.8. The second-order valence-corrected chi connectivity index (χ2v) is 6.35. The molecule has 3 rings (SSSR count). The number of alkyl halides is 3. The predicted octanol–water partition coefficient (Wildman–Crippen LogP) is 6.16. The van der Waals surface area contributed by atoms with Crippen LogP contribution in [0, 0.1) is 11.3 Å². The molecule has 0 aliphatic rings. The van der Waals surface area contributed by atoms with Crippen LogP contribution in [-0.2, 0) is 11.0 Å². The van der Waals surface area contributed by atoms with Crippen molar-refractivity contribution in [2.24, 2.45) is 0 Å². The topological polar surface area (TPSA) is 66.0 Å². The number of halogens is 4. The van der Waals surface area contributed by atoms with E-state index in [1.54, 1.807) is 24.3 Å². The van der Waals surface area contributed by atoms with Crippen LogP contribution < -0.4 is 5.32 Å². The van der Waals surface area contributed by atoms with Gasteiger partial charge in [0, 0.05) is 22.3 Å². The maximum atomic E-state index is 12.9. The number of hydrogen-bond acceptors (Lipinski definition) is 3. The molecule has 0 radical (unpaired) electrons. The van der Waals surface area contributed by atoms with Crippen LogP contribution in [0.3, 0.4) is 0 Å². The van der Waals surface area contributed by atoms with E-state index in [2.05, 4.69) is 5.32 Å². The van der Waals surface area contributed by atoms with Crippen molar-refractivity contribution in [2.75, 3.05) is 5.32 Å². The number of nitriles is 1. The summed E-state index contributed by atoms with van der Waals surface area (Å²) in [6.07, 6.45) is -3.27. The first-order valence-corrected chi connectivity index (χ1v) is 8.60. The minimum absolute atomic E-state index is 0.148. The summed E-state index contributed by atoms with van der Waals surface area (Å²) in [5.74, 6) is -0.350. The fourth-order valence-corrected chi connectivity index (χ4v) is 2.68. The highest BCUT2D eigenvalue weighted by Crippen LogP contribution is 2.32. The number of nitrogens with one attached hydrogen (secondary N) is 1. The van der Waals surface area contributed by atoms with Gasteiger partial charge in [0.15, 0.2) is 0 Å². The molecule has 0 atom stereocenters. The summed E-state index contributed by atoms with van der Waals surface area (Å²) in [5.41, 5.74) is -0.411. The lowest BCUT2D eigenvalue weighted by Gasteiger charge is -2.07. The summed E-state index contributed by atoms with van der Waals surface area (Å²) in [7, 11) is 0. The standard InChI is InChI=1S/C21H12ClF3N2O2/c22-16-5-2-6-17(11-16)27-20(28)14(12-26)10-18-7-8-19(29-18)13-3-1-4-15(9-13)21(23,24)25/h1-11H,(H,27,28)/b14-10+. The van der Waals surface area contributed by atoms with Crippen molar-refractivity contribution in [2.45, 2.75) is 6.18 Å². The van der Waals surface area contributed by atoms with Gasteiger partial charge in [0.2, 0.25) is 0 Å². The summed E-state index contributed by atoms with van der Waals surface area (Å²) >= 11 is 5.86. The zero-order valence-corrected chi connectivity index (χ0v) is 15.4. The van der Waals surface area contributed by atoms with Crippen molar-refractivity contribution in [1.82, 2.24) is 0 Å². The van der Waals surface area contributed by atoms with E-state index < -0.39 is 17.6 Å². The van der Waals surface area contributed by atoms with E-state index in [0.29, 0.717) is 10.7 Å². The van der Waals surface area contributed by atoms with Gasteiger partial charge in [-0.25, -0.2) is 0 Å². The Morgan fingerprint density at radius 2 is 1.86 bits per heavy atom. The molecule has 4 nitrogen and oxygen atoms in total. The van der Waals surface area contributed by atoms with Gasteiger partial charge < -0.3 is 9.73 Å². The highest BCUT2D eigenvalue weighted by atomic mass is 35.5. The lowest BCUT2D eigenvalue weighted by molar-refractivity contribution is -0.137. The van der Waals surface area contributed by atoms with E-state index >= 15 is 0 Å². The van der Waals surface area contributed by atoms with Crippen molar-refractivity contribution in [3.8, 4) is 17.4 Å². The second-order valence-electron chi connectivity index (χ2n) is 5.91. The van der Waals surface area contributed by atoms with Gasteiger partial charge in [-0.05, 0) is 42.5 Å². The summed E-state index contributed by atoms with van der Waals surface area (Å²) < 4.78 is 44.1. The van der Waals surface area contributed by atoms with Crippen LogP contribution in [0.4, 0.5) is 18.9 Å². The maximum Gasteiger partial charge on any atom is 0.416 e. The van der Waals surface area contributed by atoms with E-state index in [9.17, 15) is 23.2 Å². The SMILES string of the molecule is N#C/C(=C\c1ccc(-c2cccc(C(F)(F)F)c2)o1)C(=O)Nc1cccc(Cl)c1. The molecule has 146 valence electrons. The van der Waals surface area contributed by atoms with E-state index in [4.69, 9.17) is 16.0 Å². The number of anilines is 1. The average molecular weight is 417 g/mol. The van der Waals surface area contributed by atoms with Gasteiger partial charge in [0.1, 0.15) is 23.2 Å². The van der Waals surface area contributed by atoms with E-state index in [0.717, 1.165) is 12.1 Å². The number of hydrogen-bond donors (Lipinski definition) is 1. The van der Waals surface area contributed by atoms with Crippen molar-refractivity contribution in [3.05, 3.63) is 82.6 Å². The first-order chi connectivity index (χ1) is 13.8. The Morgan fingerprint density at radius 3 is 2.55 bits per heavy atom. The fraction of sp³-hybridized carbons (Fsp3) is 0.0476. The first kappa shape index (κ1) is 20.2. The molecule has 1 N–H and O–H groups in total. The van der Waals surface area contributed by atoms with Crippen LogP contribution in [0.15, 0.2) is 70.7 Å². The van der Waals surface area contributed by atoms with Gasteiger partial charge in [0.25, 0.3) is 5.91 Å². The summed E-state index contributed by atoms with van der Waals surface area (Å²) in [6.45, 7) is 0. The molecule has 0 spiro atoms. The molecule has 1 heterocycles. The third-order valence-electron chi connectivity index (χ3n) is 3.84. The Hall–Kier alpha value is -3.50. The number of carbonyl (C=O) groups is 1. The summed E-state index contributed by atoms with van der Waals surface area (Å²) in [5, 5.41) is 12.2. The maximum absolute atomic E-state index is 12.9. The molecule has 0 saturated heterocycles. The van der Waals surface area contributed by atoms with Crippen molar-refractivity contribution < 1.29 is 22.4 Å². The lowest BCUT2D eigenvalue weighted by atomic mass is 10.1. The molecular weight excluding hydrogens is 405 g/mol. The number of benzene rings is 2. The number of rotatable bonds is 4. The Balaban J connectivity index is 1.83. The third-order valence-corrected chi connectivity index (χ3v) is 4.07. The Kier molecular flexibility index (Phi) is 5.76. The normalized spacial score (nSPS) is 11.8. The molecule has 0 saturated carbocycles. The number of nitrogens with zero attached hydrogens (tertiary/aromatic N) is 1. The Bertz CT molecular complexity index is 1130. The monoisotopic (exact) mass is 416 g/mol. The molecule has 2 aromatic carbocycles. The quantitative estimate of drug-likeness (QED) is 0.409. The minimum Gasteiger partial charge on any atom is -0.457 e. The molecular formula is C21H12ClF3N2O2. The van der Waals surface area contributed by atoms with Crippen LogP contribution in [0.25, 0.3) is 17.4 Å². The zero-order chi connectivity index (χ0) is 21.0. The van der Waals surface area contributed by atoms with E-state index in [-0.39, 0.29) is 22.7 Å². The van der Waals surface area contributed by atoms with Crippen LogP contribution >= 0.6 is 11.6 Å². The Morgan fingerprint density at radius 1 is 1.10 bits per heavy atom. The Labute approximate surface area is 168 Å². The van der Waals surface area contributed by atoms with Crippen molar-refractivity contribution >= 4 is 29.3 Å². The molecule has 0 bridgehead atoms. The molecule has 29 heavy (non-hydrogen) atoms. The van der Waals surface area contributed by atoms with Crippen LogP contribution in [0.2, 0.25) is 5.02 Å². The largest absolute Gasteiger partial charge is 0.457 e. The molecule has 0 unspecified atom stereocenters. The van der Waals surface area contributed by atoms with Crippen LogP contribution in [-0.4, -0.2) is 5.91 Å². The molecule has 3 aromatic rings. The van der Waals surface area contributed by atoms with Gasteiger partial charge >= 0.3 is 6.18 Å². The van der Waals surface area contributed by atoms with Gasteiger partial charge in [-0.2, -0.15) is 18.4 Å². The molecule has 0 aliphatic heterocycles.